The lowest BCUT2D eigenvalue weighted by atomic mass is 10.0. The maximum Gasteiger partial charge on any atom is 0.336 e. The van der Waals surface area contributed by atoms with Gasteiger partial charge in [-0.25, -0.2) is 4.79 Å². The maximum atomic E-state index is 12.0. The summed E-state index contributed by atoms with van der Waals surface area (Å²) in [6.07, 6.45) is 1.63. The molecule has 1 amide bonds. The number of aromatic nitrogens is 3. The molecule has 0 spiro atoms. The summed E-state index contributed by atoms with van der Waals surface area (Å²) >= 11 is 1.48. The molecule has 152 valence electrons. The molecule has 2 heterocycles. The number of rotatable bonds is 5. The Hall–Kier alpha value is -3.39. The van der Waals surface area contributed by atoms with Gasteiger partial charge in [-0.2, -0.15) is 0 Å². The van der Waals surface area contributed by atoms with Crippen molar-refractivity contribution in [2.24, 2.45) is 0 Å². The van der Waals surface area contributed by atoms with E-state index >= 15 is 0 Å². The number of fused-ring (bicyclic) bond motifs is 1. The van der Waals surface area contributed by atoms with Crippen molar-refractivity contribution in [3.63, 3.8) is 0 Å². The quantitative estimate of drug-likeness (QED) is 0.384. The largest absolute Gasteiger partial charge is 0.423 e. The Balaban J connectivity index is 1.64. The Morgan fingerprint density at radius 2 is 1.97 bits per heavy atom. The molecule has 7 nitrogen and oxygen atoms in total. The first-order chi connectivity index (χ1) is 14.4. The van der Waals surface area contributed by atoms with Gasteiger partial charge in [-0.3, -0.25) is 9.36 Å². The van der Waals surface area contributed by atoms with Gasteiger partial charge >= 0.3 is 5.63 Å². The van der Waals surface area contributed by atoms with Crippen LogP contribution in [-0.4, -0.2) is 20.7 Å². The first-order valence-electron chi connectivity index (χ1n) is 9.35. The lowest BCUT2D eigenvalue weighted by molar-refractivity contribution is -0.114. The first-order valence-corrected chi connectivity index (χ1v) is 10.3. The summed E-state index contributed by atoms with van der Waals surface area (Å²) < 4.78 is 7.23. The number of nitrogens with zero attached hydrogens (tertiary/aromatic N) is 3. The summed E-state index contributed by atoms with van der Waals surface area (Å²) in [6.45, 7) is 5.50. The standard InChI is InChI=1S/C22H20N4O3S/c1-13-7-19-16(9-21(28)29-20(19)8-14(13)2)11-30-22-25-23-12-26(22)18-6-4-5-17(10-18)24-15(3)27/h4-10,12H,11H2,1-3H3,(H,24,27). The normalized spacial score (nSPS) is 11.0. The third-order valence-corrected chi connectivity index (χ3v) is 5.75. The molecule has 0 saturated carbocycles. The van der Waals surface area contributed by atoms with Crippen LogP contribution in [0.3, 0.4) is 0 Å². The predicted molar refractivity (Wildman–Crippen MR) is 117 cm³/mol. The van der Waals surface area contributed by atoms with E-state index in [-0.39, 0.29) is 11.5 Å². The van der Waals surface area contributed by atoms with E-state index in [1.54, 1.807) is 6.33 Å². The molecule has 0 radical (unpaired) electrons. The SMILES string of the molecule is CC(=O)Nc1cccc(-n2cnnc2SCc2cc(=O)oc3cc(C)c(C)cc23)c1. The van der Waals surface area contributed by atoms with E-state index < -0.39 is 0 Å². The average molecular weight is 420 g/mol. The fourth-order valence-electron chi connectivity index (χ4n) is 3.18. The average Bonchev–Trinajstić information content (AvgIpc) is 3.16. The number of thioether (sulfide) groups is 1. The number of hydrogen-bond donors (Lipinski definition) is 1. The molecule has 30 heavy (non-hydrogen) atoms. The van der Waals surface area contributed by atoms with Crippen LogP contribution < -0.4 is 10.9 Å². The number of aryl methyl sites for hydroxylation is 2. The second kappa shape index (κ2) is 8.16. The van der Waals surface area contributed by atoms with Crippen molar-refractivity contribution in [2.75, 3.05) is 5.32 Å². The van der Waals surface area contributed by atoms with Gasteiger partial charge in [-0.1, -0.05) is 17.8 Å². The van der Waals surface area contributed by atoms with Crippen LogP contribution in [0.2, 0.25) is 0 Å². The van der Waals surface area contributed by atoms with Gasteiger partial charge in [-0.05, 0) is 60.9 Å². The van der Waals surface area contributed by atoms with Crippen LogP contribution in [-0.2, 0) is 10.5 Å². The van der Waals surface area contributed by atoms with Crippen LogP contribution >= 0.6 is 11.8 Å². The topological polar surface area (TPSA) is 90.0 Å². The van der Waals surface area contributed by atoms with Crippen LogP contribution in [0, 0.1) is 13.8 Å². The maximum absolute atomic E-state index is 12.0. The van der Waals surface area contributed by atoms with Gasteiger partial charge in [0.25, 0.3) is 0 Å². The molecule has 8 heteroatoms. The zero-order valence-corrected chi connectivity index (χ0v) is 17.6. The molecule has 0 aliphatic carbocycles. The minimum absolute atomic E-state index is 0.133. The molecule has 0 fully saturated rings. The van der Waals surface area contributed by atoms with Crippen LogP contribution in [0.15, 0.2) is 63.2 Å². The van der Waals surface area contributed by atoms with E-state index in [9.17, 15) is 9.59 Å². The Bertz CT molecular complexity index is 1310. The zero-order valence-electron chi connectivity index (χ0n) is 16.8. The van der Waals surface area contributed by atoms with Crippen molar-refractivity contribution >= 4 is 34.3 Å². The third-order valence-electron chi connectivity index (χ3n) is 4.76. The lowest BCUT2D eigenvalue weighted by Gasteiger charge is -2.10. The second-order valence-electron chi connectivity index (χ2n) is 7.03. The molecule has 2 aromatic heterocycles. The van der Waals surface area contributed by atoms with E-state index in [0.29, 0.717) is 22.2 Å². The van der Waals surface area contributed by atoms with Crippen molar-refractivity contribution in [1.82, 2.24) is 14.8 Å². The van der Waals surface area contributed by atoms with Crippen molar-refractivity contribution in [3.05, 3.63) is 75.9 Å². The number of anilines is 1. The lowest BCUT2D eigenvalue weighted by Crippen LogP contribution is -2.06. The number of amides is 1. The van der Waals surface area contributed by atoms with Gasteiger partial charge in [0.2, 0.25) is 5.91 Å². The Morgan fingerprint density at radius 3 is 2.77 bits per heavy atom. The molecule has 0 aliphatic heterocycles. The second-order valence-corrected chi connectivity index (χ2v) is 7.97. The van der Waals surface area contributed by atoms with E-state index in [0.717, 1.165) is 27.8 Å². The first kappa shape index (κ1) is 19.9. The van der Waals surface area contributed by atoms with E-state index in [1.807, 2.05) is 54.8 Å². The fraction of sp³-hybridized carbons (Fsp3) is 0.182. The van der Waals surface area contributed by atoms with Gasteiger partial charge in [0, 0.05) is 29.8 Å². The molecule has 4 rings (SSSR count). The Kier molecular flexibility index (Phi) is 5.41. The molecule has 0 bridgehead atoms. The highest BCUT2D eigenvalue weighted by molar-refractivity contribution is 7.98. The van der Waals surface area contributed by atoms with Gasteiger partial charge < -0.3 is 9.73 Å². The van der Waals surface area contributed by atoms with Crippen LogP contribution in [0.4, 0.5) is 5.69 Å². The highest BCUT2D eigenvalue weighted by Gasteiger charge is 2.12. The Labute approximate surface area is 177 Å². The van der Waals surface area contributed by atoms with Crippen molar-refractivity contribution in [2.45, 2.75) is 31.7 Å². The predicted octanol–water partition coefficient (Wildman–Crippen LogP) is 4.24. The summed E-state index contributed by atoms with van der Waals surface area (Å²) in [4.78, 5) is 23.4. The number of carbonyl (C=O) groups is 1. The van der Waals surface area contributed by atoms with Crippen molar-refractivity contribution in [3.8, 4) is 5.69 Å². The Morgan fingerprint density at radius 1 is 1.17 bits per heavy atom. The molecule has 0 aliphatic rings. The molecule has 2 aromatic carbocycles. The molecule has 4 aromatic rings. The summed E-state index contributed by atoms with van der Waals surface area (Å²) in [6, 6.07) is 12.9. The third kappa shape index (κ3) is 4.13. The van der Waals surface area contributed by atoms with E-state index in [4.69, 9.17) is 4.42 Å². The van der Waals surface area contributed by atoms with Gasteiger partial charge in [0.15, 0.2) is 5.16 Å². The van der Waals surface area contributed by atoms with Gasteiger partial charge in [0.05, 0.1) is 5.69 Å². The molecule has 0 saturated heterocycles. The summed E-state index contributed by atoms with van der Waals surface area (Å²) in [5, 5.41) is 12.6. The van der Waals surface area contributed by atoms with Crippen molar-refractivity contribution < 1.29 is 9.21 Å². The zero-order chi connectivity index (χ0) is 21.3. The van der Waals surface area contributed by atoms with Gasteiger partial charge in [-0.15, -0.1) is 10.2 Å². The minimum Gasteiger partial charge on any atom is -0.423 e. The molecule has 0 unspecified atom stereocenters. The smallest absolute Gasteiger partial charge is 0.336 e. The summed E-state index contributed by atoms with van der Waals surface area (Å²) in [5.74, 6) is 0.403. The number of hydrogen-bond acceptors (Lipinski definition) is 6. The van der Waals surface area contributed by atoms with Crippen molar-refractivity contribution in [1.29, 1.82) is 0 Å². The van der Waals surface area contributed by atoms with Gasteiger partial charge in [0.1, 0.15) is 11.9 Å². The number of carbonyl (C=O) groups excluding carboxylic acids is 1. The fourth-order valence-corrected chi connectivity index (χ4v) is 4.10. The molecule has 0 atom stereocenters. The van der Waals surface area contributed by atoms with E-state index in [1.165, 1.54) is 24.8 Å². The monoisotopic (exact) mass is 420 g/mol. The van der Waals surface area contributed by atoms with E-state index in [2.05, 4.69) is 15.5 Å². The highest BCUT2D eigenvalue weighted by Crippen LogP contribution is 2.28. The van der Waals surface area contributed by atoms with Crippen LogP contribution in [0.1, 0.15) is 23.6 Å². The van der Waals surface area contributed by atoms with Crippen LogP contribution in [0.5, 0.6) is 0 Å². The highest BCUT2D eigenvalue weighted by atomic mass is 32.2. The number of benzene rings is 2. The summed E-state index contributed by atoms with van der Waals surface area (Å²) in [7, 11) is 0. The summed E-state index contributed by atoms with van der Waals surface area (Å²) in [5.41, 5.74) is 4.85. The molecular formula is C22H20N4O3S. The van der Waals surface area contributed by atoms with Crippen LogP contribution in [0.25, 0.3) is 16.7 Å². The molecular weight excluding hydrogens is 400 g/mol. The molecule has 1 N–H and O–H groups in total. The number of nitrogens with one attached hydrogen (secondary N) is 1. The minimum atomic E-state index is -0.370.